The van der Waals surface area contributed by atoms with E-state index in [-0.39, 0.29) is 19.1 Å². The van der Waals surface area contributed by atoms with Crippen LogP contribution in [-0.4, -0.2) is 50.6 Å². The smallest absolute Gasteiger partial charge is 0.151 e. The maximum Gasteiger partial charge on any atom is 0.151 e. The number of aldehydes is 1. The number of carbonyl (C=O) groups is 1. The number of carbonyl (C=O) groups excluding carboxylic acids is 1. The summed E-state index contributed by atoms with van der Waals surface area (Å²) in [5, 5.41) is 41.0. The Morgan fingerprint density at radius 3 is 1.62 bits per heavy atom. The van der Waals surface area contributed by atoms with Crippen molar-refractivity contribution in [2.24, 2.45) is 0 Å². The molecule has 0 aliphatic rings. The van der Waals surface area contributed by atoms with E-state index in [4.69, 9.17) is 0 Å². The Morgan fingerprint density at radius 2 is 1.25 bits per heavy atom. The van der Waals surface area contributed by atoms with Gasteiger partial charge in [0.25, 0.3) is 0 Å². The lowest BCUT2D eigenvalue weighted by Gasteiger charge is -2.36. The van der Waals surface area contributed by atoms with E-state index < -0.39 is 23.9 Å². The average Bonchev–Trinajstić information content (AvgIpc) is 2.61. The standard InChI is InChI=1S/C19H22O5/c20-13-16(21)17(22)18(23)19(24,11-14-7-3-1-4-8-14)12-15-9-5-2-6-10-15/h1-10,13,16-18,21-24H,11-12H2/t16-,17+,18+/m1/s1. The van der Waals surface area contributed by atoms with Crippen molar-refractivity contribution in [3.8, 4) is 0 Å². The van der Waals surface area contributed by atoms with Gasteiger partial charge in [0.2, 0.25) is 0 Å². The van der Waals surface area contributed by atoms with Gasteiger partial charge in [0.1, 0.15) is 23.9 Å². The highest BCUT2D eigenvalue weighted by Crippen LogP contribution is 2.26. The second-order valence-corrected chi connectivity index (χ2v) is 5.99. The summed E-state index contributed by atoms with van der Waals surface area (Å²) >= 11 is 0. The molecule has 0 amide bonds. The molecule has 24 heavy (non-hydrogen) atoms. The van der Waals surface area contributed by atoms with Crippen LogP contribution in [0.4, 0.5) is 0 Å². The molecule has 0 bridgehead atoms. The lowest BCUT2D eigenvalue weighted by atomic mass is 9.80. The third-order valence-corrected chi connectivity index (χ3v) is 4.07. The first-order valence-electron chi connectivity index (χ1n) is 7.76. The maximum atomic E-state index is 11.1. The van der Waals surface area contributed by atoms with Crippen LogP contribution in [0.25, 0.3) is 0 Å². The van der Waals surface area contributed by atoms with E-state index in [1.54, 1.807) is 48.5 Å². The fraction of sp³-hybridized carbons (Fsp3) is 0.316. The number of aliphatic hydroxyl groups excluding tert-OH is 3. The molecular formula is C19H22O5. The fourth-order valence-electron chi connectivity index (χ4n) is 2.76. The molecule has 2 rings (SSSR count). The summed E-state index contributed by atoms with van der Waals surface area (Å²) in [5.41, 5.74) is -0.211. The van der Waals surface area contributed by atoms with E-state index in [1.165, 1.54) is 0 Å². The summed E-state index contributed by atoms with van der Waals surface area (Å²) in [6, 6.07) is 18.1. The SMILES string of the molecule is O=C[C@@H](O)[C@H](O)[C@H](O)C(O)(Cc1ccccc1)Cc1ccccc1. The van der Waals surface area contributed by atoms with Crippen LogP contribution >= 0.6 is 0 Å². The minimum atomic E-state index is -1.78. The molecule has 2 aromatic carbocycles. The van der Waals surface area contributed by atoms with Crippen LogP contribution < -0.4 is 0 Å². The summed E-state index contributed by atoms with van der Waals surface area (Å²) in [4.78, 5) is 10.7. The molecule has 3 atom stereocenters. The Kier molecular flexibility index (Phi) is 6.23. The fourth-order valence-corrected chi connectivity index (χ4v) is 2.76. The van der Waals surface area contributed by atoms with Crippen LogP contribution in [0.3, 0.4) is 0 Å². The van der Waals surface area contributed by atoms with Gasteiger partial charge < -0.3 is 25.2 Å². The second-order valence-electron chi connectivity index (χ2n) is 5.99. The summed E-state index contributed by atoms with van der Waals surface area (Å²) in [6.45, 7) is 0. The zero-order chi connectivity index (χ0) is 17.6. The molecule has 2 aromatic rings. The molecule has 0 saturated carbocycles. The predicted molar refractivity (Wildman–Crippen MR) is 89.3 cm³/mol. The molecule has 0 aromatic heterocycles. The molecular weight excluding hydrogens is 308 g/mol. The van der Waals surface area contributed by atoms with Gasteiger partial charge in [0, 0.05) is 12.8 Å². The largest absolute Gasteiger partial charge is 0.387 e. The number of hydrogen-bond acceptors (Lipinski definition) is 5. The number of rotatable bonds is 8. The maximum absolute atomic E-state index is 11.1. The lowest BCUT2D eigenvalue weighted by molar-refractivity contribution is -0.156. The van der Waals surface area contributed by atoms with Crippen LogP contribution in [0, 0.1) is 0 Å². The Bertz CT molecular complexity index is 587. The van der Waals surface area contributed by atoms with Crippen molar-refractivity contribution in [1.82, 2.24) is 0 Å². The first-order chi connectivity index (χ1) is 11.5. The Labute approximate surface area is 140 Å². The van der Waals surface area contributed by atoms with Crippen LogP contribution in [-0.2, 0) is 17.6 Å². The van der Waals surface area contributed by atoms with Crippen molar-refractivity contribution in [3.63, 3.8) is 0 Å². The molecule has 0 saturated heterocycles. The summed E-state index contributed by atoms with van der Waals surface area (Å²) in [7, 11) is 0. The second kappa shape index (κ2) is 8.17. The van der Waals surface area contributed by atoms with Gasteiger partial charge in [-0.1, -0.05) is 60.7 Å². The predicted octanol–water partition coefficient (Wildman–Crippen LogP) is 0.484. The van der Waals surface area contributed by atoms with E-state index in [0.29, 0.717) is 0 Å². The number of benzene rings is 2. The van der Waals surface area contributed by atoms with Crippen LogP contribution in [0.15, 0.2) is 60.7 Å². The molecule has 5 heteroatoms. The topological polar surface area (TPSA) is 98.0 Å². The molecule has 0 unspecified atom stereocenters. The van der Waals surface area contributed by atoms with E-state index >= 15 is 0 Å². The van der Waals surface area contributed by atoms with Gasteiger partial charge in [-0.05, 0) is 11.1 Å². The minimum absolute atomic E-state index is 0.0620. The molecule has 0 fully saturated rings. The third-order valence-electron chi connectivity index (χ3n) is 4.07. The minimum Gasteiger partial charge on any atom is -0.387 e. The molecule has 0 heterocycles. The molecule has 0 radical (unpaired) electrons. The Hall–Kier alpha value is -2.05. The molecule has 0 aliphatic carbocycles. The van der Waals surface area contributed by atoms with Gasteiger partial charge in [0.15, 0.2) is 6.29 Å². The molecule has 0 aliphatic heterocycles. The average molecular weight is 330 g/mol. The van der Waals surface area contributed by atoms with Crippen LogP contribution in [0.1, 0.15) is 11.1 Å². The van der Waals surface area contributed by atoms with Gasteiger partial charge in [-0.2, -0.15) is 0 Å². The molecule has 128 valence electrons. The summed E-state index contributed by atoms with van der Waals surface area (Å²) in [5.74, 6) is 0. The van der Waals surface area contributed by atoms with Crippen molar-refractivity contribution in [2.45, 2.75) is 36.8 Å². The van der Waals surface area contributed by atoms with Crippen molar-refractivity contribution in [2.75, 3.05) is 0 Å². The normalized spacial score (nSPS) is 15.5. The number of hydrogen-bond donors (Lipinski definition) is 4. The highest BCUT2D eigenvalue weighted by atomic mass is 16.4. The zero-order valence-electron chi connectivity index (χ0n) is 13.2. The zero-order valence-corrected chi connectivity index (χ0v) is 13.2. The first kappa shape index (κ1) is 18.3. The highest BCUT2D eigenvalue weighted by Gasteiger charge is 2.42. The van der Waals surface area contributed by atoms with Crippen LogP contribution in [0.5, 0.6) is 0 Å². The van der Waals surface area contributed by atoms with Crippen LogP contribution in [0.2, 0.25) is 0 Å². The van der Waals surface area contributed by atoms with Gasteiger partial charge >= 0.3 is 0 Å². The summed E-state index contributed by atoms with van der Waals surface area (Å²) < 4.78 is 0. The van der Waals surface area contributed by atoms with Gasteiger partial charge in [-0.15, -0.1) is 0 Å². The van der Waals surface area contributed by atoms with Crippen molar-refractivity contribution in [3.05, 3.63) is 71.8 Å². The van der Waals surface area contributed by atoms with E-state index in [1.807, 2.05) is 12.1 Å². The third kappa shape index (κ3) is 4.49. The summed E-state index contributed by atoms with van der Waals surface area (Å²) in [6.07, 6.45) is -4.98. The van der Waals surface area contributed by atoms with Crippen molar-refractivity contribution < 1.29 is 25.2 Å². The van der Waals surface area contributed by atoms with Crippen molar-refractivity contribution in [1.29, 1.82) is 0 Å². The monoisotopic (exact) mass is 330 g/mol. The Morgan fingerprint density at radius 1 is 0.833 bits per heavy atom. The molecule has 4 N–H and O–H groups in total. The van der Waals surface area contributed by atoms with E-state index in [0.717, 1.165) is 11.1 Å². The van der Waals surface area contributed by atoms with E-state index in [2.05, 4.69) is 0 Å². The quantitative estimate of drug-likeness (QED) is 0.528. The number of aliphatic hydroxyl groups is 4. The molecule has 0 spiro atoms. The van der Waals surface area contributed by atoms with E-state index in [9.17, 15) is 25.2 Å². The van der Waals surface area contributed by atoms with Gasteiger partial charge in [-0.3, -0.25) is 0 Å². The van der Waals surface area contributed by atoms with Gasteiger partial charge in [-0.25, -0.2) is 0 Å². The van der Waals surface area contributed by atoms with Crippen molar-refractivity contribution >= 4 is 6.29 Å². The Balaban J connectivity index is 2.30. The highest BCUT2D eigenvalue weighted by molar-refractivity contribution is 5.56. The lowest BCUT2D eigenvalue weighted by Crippen LogP contribution is -2.55. The first-order valence-corrected chi connectivity index (χ1v) is 7.76. The molecule has 5 nitrogen and oxygen atoms in total. The van der Waals surface area contributed by atoms with Gasteiger partial charge in [0.05, 0.1) is 0 Å².